The normalized spacial score (nSPS) is 11.3. The van der Waals surface area contributed by atoms with E-state index in [0.29, 0.717) is 17.7 Å². The summed E-state index contributed by atoms with van der Waals surface area (Å²) in [5.74, 6) is -0.875. The maximum atomic E-state index is 12.4. The van der Waals surface area contributed by atoms with Gasteiger partial charge in [0.15, 0.2) is 0 Å². The average Bonchev–Trinajstić information content (AvgIpc) is 2.70. The molecule has 2 aromatic rings. The zero-order valence-electron chi connectivity index (χ0n) is 14.0. The Bertz CT molecular complexity index is 744. The molecule has 0 spiro atoms. The summed E-state index contributed by atoms with van der Waals surface area (Å²) in [6, 6.07) is 2.21. The molecule has 9 nitrogen and oxygen atoms in total. The Kier molecular flexibility index (Phi) is 7.49. The second kappa shape index (κ2) is 10.1. The SMILES string of the molecule is CSCCC(NC(=O)c1cnccn1)C(=O)NNC(=O)c1ccncc1. The first kappa shape index (κ1) is 19.3. The van der Waals surface area contributed by atoms with Crippen molar-refractivity contribution in [2.75, 3.05) is 12.0 Å². The zero-order valence-corrected chi connectivity index (χ0v) is 14.8. The third kappa shape index (κ3) is 5.81. The number of hydrazine groups is 1. The van der Waals surface area contributed by atoms with E-state index in [9.17, 15) is 14.4 Å². The van der Waals surface area contributed by atoms with Crippen LogP contribution in [0.2, 0.25) is 0 Å². The molecule has 0 aromatic carbocycles. The molecule has 0 saturated carbocycles. The van der Waals surface area contributed by atoms with Gasteiger partial charge in [0.2, 0.25) is 0 Å². The highest BCUT2D eigenvalue weighted by Gasteiger charge is 2.22. The summed E-state index contributed by atoms with van der Waals surface area (Å²) >= 11 is 1.54. The van der Waals surface area contributed by atoms with E-state index < -0.39 is 23.8 Å². The van der Waals surface area contributed by atoms with Crippen LogP contribution in [0.25, 0.3) is 0 Å². The molecule has 26 heavy (non-hydrogen) atoms. The van der Waals surface area contributed by atoms with Gasteiger partial charge in [-0.25, -0.2) is 4.98 Å². The number of hydrogen-bond donors (Lipinski definition) is 3. The summed E-state index contributed by atoms with van der Waals surface area (Å²) in [5, 5.41) is 2.60. The third-order valence-electron chi connectivity index (χ3n) is 3.27. The van der Waals surface area contributed by atoms with E-state index in [1.165, 1.54) is 54.9 Å². The molecule has 1 atom stereocenters. The van der Waals surface area contributed by atoms with Gasteiger partial charge in [0.05, 0.1) is 6.20 Å². The van der Waals surface area contributed by atoms with Crippen LogP contribution in [-0.4, -0.2) is 50.7 Å². The van der Waals surface area contributed by atoms with Gasteiger partial charge < -0.3 is 5.32 Å². The zero-order chi connectivity index (χ0) is 18.8. The Morgan fingerprint density at radius 3 is 2.46 bits per heavy atom. The first-order valence-electron chi connectivity index (χ1n) is 7.68. The Morgan fingerprint density at radius 2 is 1.81 bits per heavy atom. The Morgan fingerprint density at radius 1 is 1.04 bits per heavy atom. The van der Waals surface area contributed by atoms with Gasteiger partial charge in [-0.2, -0.15) is 11.8 Å². The van der Waals surface area contributed by atoms with Crippen molar-refractivity contribution >= 4 is 29.5 Å². The number of rotatable bonds is 7. The fraction of sp³-hybridized carbons (Fsp3) is 0.250. The summed E-state index contributed by atoms with van der Waals surface area (Å²) in [6.45, 7) is 0. The number of carbonyl (C=O) groups excluding carboxylic acids is 3. The van der Waals surface area contributed by atoms with Gasteiger partial charge in [-0.3, -0.25) is 35.2 Å². The molecule has 136 valence electrons. The molecular formula is C16H18N6O3S. The Labute approximate surface area is 154 Å². The quantitative estimate of drug-likeness (QED) is 0.590. The number of aromatic nitrogens is 3. The Hall–Kier alpha value is -3.01. The van der Waals surface area contributed by atoms with Crippen LogP contribution in [0.5, 0.6) is 0 Å². The van der Waals surface area contributed by atoms with Crippen LogP contribution < -0.4 is 16.2 Å². The van der Waals surface area contributed by atoms with Gasteiger partial charge in [0.1, 0.15) is 11.7 Å². The molecule has 2 aromatic heterocycles. The number of nitrogens with one attached hydrogen (secondary N) is 3. The minimum Gasteiger partial charge on any atom is -0.339 e. The van der Waals surface area contributed by atoms with Crippen LogP contribution in [-0.2, 0) is 4.79 Å². The van der Waals surface area contributed by atoms with Crippen molar-refractivity contribution in [3.63, 3.8) is 0 Å². The molecule has 0 aliphatic rings. The fourth-order valence-electron chi connectivity index (χ4n) is 1.93. The van der Waals surface area contributed by atoms with Crippen molar-refractivity contribution < 1.29 is 14.4 Å². The molecule has 3 N–H and O–H groups in total. The van der Waals surface area contributed by atoms with Crippen LogP contribution in [0.3, 0.4) is 0 Å². The van der Waals surface area contributed by atoms with Crippen molar-refractivity contribution in [3.05, 3.63) is 54.4 Å². The monoisotopic (exact) mass is 374 g/mol. The summed E-state index contributed by atoms with van der Waals surface area (Å²) in [7, 11) is 0. The lowest BCUT2D eigenvalue weighted by Crippen LogP contribution is -2.52. The standard InChI is InChI=1S/C16H18N6O3S/c1-26-9-4-12(20-15(24)13-10-18-7-8-19-13)16(25)22-21-14(23)11-2-5-17-6-3-11/h2-3,5-8,10,12H,4,9H2,1H3,(H,20,24)(H,21,23)(H,22,25). The van der Waals surface area contributed by atoms with Crippen molar-refractivity contribution in [2.45, 2.75) is 12.5 Å². The number of carbonyl (C=O) groups is 3. The van der Waals surface area contributed by atoms with Gasteiger partial charge in [-0.1, -0.05) is 0 Å². The smallest absolute Gasteiger partial charge is 0.272 e. The number of hydrogen-bond acceptors (Lipinski definition) is 7. The van der Waals surface area contributed by atoms with E-state index in [2.05, 4.69) is 31.1 Å². The van der Waals surface area contributed by atoms with E-state index in [1.807, 2.05) is 6.26 Å². The van der Waals surface area contributed by atoms with Gasteiger partial charge in [0, 0.05) is 30.4 Å². The van der Waals surface area contributed by atoms with E-state index in [-0.39, 0.29) is 5.69 Å². The minimum atomic E-state index is -0.824. The first-order chi connectivity index (χ1) is 12.6. The van der Waals surface area contributed by atoms with E-state index in [4.69, 9.17) is 0 Å². The number of thioether (sulfide) groups is 1. The largest absolute Gasteiger partial charge is 0.339 e. The van der Waals surface area contributed by atoms with Crippen LogP contribution in [0.15, 0.2) is 43.1 Å². The molecule has 0 aliphatic carbocycles. The summed E-state index contributed by atoms with van der Waals surface area (Å²) in [6.07, 6.45) is 9.38. The Balaban J connectivity index is 1.95. The highest BCUT2D eigenvalue weighted by Crippen LogP contribution is 2.03. The molecule has 3 amide bonds. The molecule has 2 rings (SSSR count). The molecule has 0 fully saturated rings. The number of amides is 3. The number of pyridine rings is 1. The summed E-state index contributed by atoms with van der Waals surface area (Å²) in [4.78, 5) is 48.0. The van der Waals surface area contributed by atoms with Gasteiger partial charge in [-0.15, -0.1) is 0 Å². The maximum absolute atomic E-state index is 12.4. The van der Waals surface area contributed by atoms with Crippen molar-refractivity contribution in [1.29, 1.82) is 0 Å². The maximum Gasteiger partial charge on any atom is 0.272 e. The second-order valence-electron chi connectivity index (χ2n) is 5.08. The van der Waals surface area contributed by atoms with Crippen molar-refractivity contribution in [1.82, 2.24) is 31.1 Å². The van der Waals surface area contributed by atoms with Crippen LogP contribution in [0, 0.1) is 0 Å². The van der Waals surface area contributed by atoms with E-state index in [1.54, 1.807) is 0 Å². The summed E-state index contributed by atoms with van der Waals surface area (Å²) < 4.78 is 0. The molecule has 1 unspecified atom stereocenters. The molecule has 2 heterocycles. The topological polar surface area (TPSA) is 126 Å². The van der Waals surface area contributed by atoms with Crippen molar-refractivity contribution in [2.24, 2.45) is 0 Å². The highest BCUT2D eigenvalue weighted by atomic mass is 32.2. The van der Waals surface area contributed by atoms with Crippen LogP contribution in [0.1, 0.15) is 27.3 Å². The van der Waals surface area contributed by atoms with Gasteiger partial charge in [0.25, 0.3) is 17.7 Å². The van der Waals surface area contributed by atoms with Gasteiger partial charge >= 0.3 is 0 Å². The molecule has 0 aliphatic heterocycles. The highest BCUT2D eigenvalue weighted by molar-refractivity contribution is 7.98. The second-order valence-corrected chi connectivity index (χ2v) is 6.06. The molecule has 0 radical (unpaired) electrons. The molecule has 0 saturated heterocycles. The molecule has 0 bridgehead atoms. The summed E-state index contributed by atoms with van der Waals surface area (Å²) in [5.41, 5.74) is 5.10. The lowest BCUT2D eigenvalue weighted by atomic mass is 10.2. The average molecular weight is 374 g/mol. The van der Waals surface area contributed by atoms with Crippen molar-refractivity contribution in [3.8, 4) is 0 Å². The molecular weight excluding hydrogens is 356 g/mol. The number of nitrogens with zero attached hydrogens (tertiary/aromatic N) is 3. The van der Waals surface area contributed by atoms with Crippen LogP contribution >= 0.6 is 11.8 Å². The minimum absolute atomic E-state index is 0.107. The fourth-order valence-corrected chi connectivity index (χ4v) is 2.41. The molecule has 10 heteroatoms. The van der Waals surface area contributed by atoms with E-state index in [0.717, 1.165) is 0 Å². The van der Waals surface area contributed by atoms with Crippen LogP contribution in [0.4, 0.5) is 0 Å². The first-order valence-corrected chi connectivity index (χ1v) is 9.07. The lowest BCUT2D eigenvalue weighted by Gasteiger charge is -2.18. The predicted octanol–water partition coefficient (Wildman–Crippen LogP) is 0.184. The van der Waals surface area contributed by atoms with E-state index >= 15 is 0 Å². The van der Waals surface area contributed by atoms with Gasteiger partial charge in [-0.05, 0) is 30.6 Å². The predicted molar refractivity (Wildman–Crippen MR) is 96.1 cm³/mol. The lowest BCUT2D eigenvalue weighted by molar-refractivity contribution is -0.123. The third-order valence-corrected chi connectivity index (χ3v) is 3.91.